The molecule has 1 aliphatic rings. The topological polar surface area (TPSA) is 12.0 Å². The van der Waals surface area contributed by atoms with Gasteiger partial charge < -0.3 is 5.32 Å². The molecule has 0 saturated heterocycles. The lowest BCUT2D eigenvalue weighted by atomic mass is 9.79. The fourth-order valence-electron chi connectivity index (χ4n) is 2.94. The van der Waals surface area contributed by atoms with Gasteiger partial charge in [0.25, 0.3) is 0 Å². The van der Waals surface area contributed by atoms with Gasteiger partial charge in [0, 0.05) is 3.57 Å². The van der Waals surface area contributed by atoms with Crippen molar-refractivity contribution < 1.29 is 4.39 Å². The van der Waals surface area contributed by atoms with E-state index >= 15 is 0 Å². The summed E-state index contributed by atoms with van der Waals surface area (Å²) in [6, 6.07) is 14.0. The summed E-state index contributed by atoms with van der Waals surface area (Å²) in [5.74, 6) is 0.580. The van der Waals surface area contributed by atoms with Gasteiger partial charge in [0.15, 0.2) is 0 Å². The molecule has 3 rings (SSSR count). The van der Waals surface area contributed by atoms with E-state index in [2.05, 4.69) is 52.2 Å². The van der Waals surface area contributed by atoms with Crippen LogP contribution in [0.4, 0.5) is 4.39 Å². The Kier molecular flexibility index (Phi) is 4.60. The zero-order valence-corrected chi connectivity index (χ0v) is 14.2. The van der Waals surface area contributed by atoms with E-state index in [-0.39, 0.29) is 11.9 Å². The zero-order valence-electron chi connectivity index (χ0n) is 12.1. The second-order valence-electron chi connectivity index (χ2n) is 5.68. The molecule has 110 valence electrons. The van der Waals surface area contributed by atoms with Gasteiger partial charge in [-0.2, -0.15) is 0 Å². The van der Waals surface area contributed by atoms with E-state index in [0.717, 1.165) is 15.1 Å². The Morgan fingerprint density at radius 1 is 1.14 bits per heavy atom. The number of hydrogen-bond donors (Lipinski definition) is 1. The molecule has 3 heteroatoms. The first kappa shape index (κ1) is 15.0. The molecule has 0 aromatic heterocycles. The molecule has 0 spiro atoms. The molecular formula is C18H19FIN. The smallest absolute Gasteiger partial charge is 0.124 e. The van der Waals surface area contributed by atoms with Crippen molar-refractivity contribution in [2.45, 2.75) is 31.2 Å². The summed E-state index contributed by atoms with van der Waals surface area (Å²) in [6.07, 6.45) is 4.01. The molecule has 1 unspecified atom stereocenters. The van der Waals surface area contributed by atoms with Crippen molar-refractivity contribution in [3.05, 3.63) is 68.5 Å². The van der Waals surface area contributed by atoms with E-state index in [1.807, 2.05) is 13.1 Å². The van der Waals surface area contributed by atoms with Gasteiger partial charge in [0.05, 0.1) is 6.04 Å². The predicted molar refractivity (Wildman–Crippen MR) is 93.1 cm³/mol. The fraction of sp³-hybridized carbons (Fsp3) is 0.333. The maximum atomic E-state index is 13.3. The molecule has 1 fully saturated rings. The zero-order chi connectivity index (χ0) is 14.8. The number of nitrogens with one attached hydrogen (secondary N) is 1. The van der Waals surface area contributed by atoms with Crippen molar-refractivity contribution in [1.82, 2.24) is 5.32 Å². The van der Waals surface area contributed by atoms with Crippen LogP contribution >= 0.6 is 22.6 Å². The van der Waals surface area contributed by atoms with E-state index in [4.69, 9.17) is 0 Å². The number of benzene rings is 2. The number of hydrogen-bond acceptors (Lipinski definition) is 1. The molecule has 2 aromatic carbocycles. The molecule has 1 saturated carbocycles. The second-order valence-corrected chi connectivity index (χ2v) is 6.84. The average Bonchev–Trinajstić information content (AvgIpc) is 2.42. The highest BCUT2D eigenvalue weighted by Crippen LogP contribution is 2.37. The average molecular weight is 395 g/mol. The predicted octanol–water partition coefficient (Wildman–Crippen LogP) is 5.01. The first-order chi connectivity index (χ1) is 10.2. The summed E-state index contributed by atoms with van der Waals surface area (Å²) < 4.78 is 14.2. The summed E-state index contributed by atoms with van der Waals surface area (Å²) in [5.41, 5.74) is 3.80. The van der Waals surface area contributed by atoms with Crippen LogP contribution in [0.2, 0.25) is 0 Å². The Morgan fingerprint density at radius 2 is 1.86 bits per heavy atom. The molecule has 1 N–H and O–H groups in total. The molecule has 21 heavy (non-hydrogen) atoms. The molecule has 2 aromatic rings. The molecule has 0 aliphatic heterocycles. The van der Waals surface area contributed by atoms with Crippen LogP contribution in [0.5, 0.6) is 0 Å². The van der Waals surface area contributed by atoms with Gasteiger partial charge in [-0.05, 0) is 77.2 Å². The maximum Gasteiger partial charge on any atom is 0.124 e. The number of rotatable bonds is 4. The molecule has 0 amide bonds. The van der Waals surface area contributed by atoms with Crippen LogP contribution in [-0.4, -0.2) is 7.05 Å². The van der Waals surface area contributed by atoms with Crippen molar-refractivity contribution in [2.24, 2.45) is 0 Å². The highest BCUT2D eigenvalue weighted by atomic mass is 127. The molecule has 0 bridgehead atoms. The minimum atomic E-state index is -0.182. The fourth-order valence-corrected chi connectivity index (χ4v) is 3.73. The second kappa shape index (κ2) is 6.44. The highest BCUT2D eigenvalue weighted by molar-refractivity contribution is 14.1. The minimum absolute atomic E-state index is 0.105. The van der Waals surface area contributed by atoms with Crippen LogP contribution < -0.4 is 5.32 Å². The van der Waals surface area contributed by atoms with Crippen LogP contribution in [0.25, 0.3) is 0 Å². The summed E-state index contributed by atoms with van der Waals surface area (Å²) in [7, 11) is 1.95. The minimum Gasteiger partial charge on any atom is -0.309 e. The summed E-state index contributed by atoms with van der Waals surface area (Å²) in [4.78, 5) is 0. The largest absolute Gasteiger partial charge is 0.309 e. The van der Waals surface area contributed by atoms with E-state index in [1.165, 1.54) is 36.5 Å². The van der Waals surface area contributed by atoms with Gasteiger partial charge >= 0.3 is 0 Å². The van der Waals surface area contributed by atoms with Crippen molar-refractivity contribution in [2.75, 3.05) is 7.05 Å². The van der Waals surface area contributed by atoms with Crippen molar-refractivity contribution in [1.29, 1.82) is 0 Å². The molecular weight excluding hydrogens is 376 g/mol. The Bertz CT molecular complexity index is 620. The number of halogens is 2. The standard InChI is InChI=1S/C18H19FIN/c1-21-18(16-10-9-15(19)11-17(16)20)14-7-5-13(6-8-14)12-3-2-4-12/h5-12,18,21H,2-4H2,1H3. The van der Waals surface area contributed by atoms with E-state index in [9.17, 15) is 4.39 Å². The van der Waals surface area contributed by atoms with E-state index in [0.29, 0.717) is 0 Å². The first-order valence-electron chi connectivity index (χ1n) is 7.41. The van der Waals surface area contributed by atoms with Crippen LogP contribution in [0, 0.1) is 9.39 Å². The van der Waals surface area contributed by atoms with E-state index < -0.39 is 0 Å². The lowest BCUT2D eigenvalue weighted by molar-refractivity contribution is 0.419. The van der Waals surface area contributed by atoms with Crippen LogP contribution in [-0.2, 0) is 0 Å². The Morgan fingerprint density at radius 3 is 2.38 bits per heavy atom. The Labute approximate surface area is 139 Å². The third-order valence-corrected chi connectivity index (χ3v) is 5.34. The van der Waals surface area contributed by atoms with Crippen LogP contribution in [0.15, 0.2) is 42.5 Å². The maximum absolute atomic E-state index is 13.3. The highest BCUT2D eigenvalue weighted by Gasteiger charge is 2.20. The summed E-state index contributed by atoms with van der Waals surface area (Å²) in [5, 5.41) is 3.34. The van der Waals surface area contributed by atoms with Crippen molar-refractivity contribution >= 4 is 22.6 Å². The van der Waals surface area contributed by atoms with Crippen LogP contribution in [0.3, 0.4) is 0 Å². The lowest BCUT2D eigenvalue weighted by Crippen LogP contribution is -2.19. The Hall–Kier alpha value is -0.940. The molecule has 1 aliphatic carbocycles. The first-order valence-corrected chi connectivity index (χ1v) is 8.49. The third kappa shape index (κ3) is 3.14. The van der Waals surface area contributed by atoms with Crippen LogP contribution in [0.1, 0.15) is 47.9 Å². The van der Waals surface area contributed by atoms with Gasteiger partial charge in [-0.1, -0.05) is 36.8 Å². The lowest BCUT2D eigenvalue weighted by Gasteiger charge is -2.26. The van der Waals surface area contributed by atoms with Gasteiger partial charge in [0.2, 0.25) is 0 Å². The van der Waals surface area contributed by atoms with Gasteiger partial charge in [-0.3, -0.25) is 0 Å². The van der Waals surface area contributed by atoms with Gasteiger partial charge in [-0.15, -0.1) is 0 Å². The van der Waals surface area contributed by atoms with Gasteiger partial charge in [-0.25, -0.2) is 4.39 Å². The molecule has 1 atom stereocenters. The molecule has 0 heterocycles. The van der Waals surface area contributed by atoms with Gasteiger partial charge in [0.1, 0.15) is 5.82 Å². The SMILES string of the molecule is CNC(c1ccc(C2CCC2)cc1)c1ccc(F)cc1I. The molecule has 1 nitrogen and oxygen atoms in total. The van der Waals surface area contributed by atoms with Crippen molar-refractivity contribution in [3.63, 3.8) is 0 Å². The van der Waals surface area contributed by atoms with E-state index in [1.54, 1.807) is 6.07 Å². The molecule has 0 radical (unpaired) electrons. The quantitative estimate of drug-likeness (QED) is 0.718. The normalized spacial score (nSPS) is 16.5. The van der Waals surface area contributed by atoms with Crippen molar-refractivity contribution in [3.8, 4) is 0 Å². The third-order valence-electron chi connectivity index (χ3n) is 4.41. The summed E-state index contributed by atoms with van der Waals surface area (Å²) in [6.45, 7) is 0. The summed E-state index contributed by atoms with van der Waals surface area (Å²) >= 11 is 2.20. The Balaban J connectivity index is 1.88. The monoisotopic (exact) mass is 395 g/mol.